The van der Waals surface area contributed by atoms with Gasteiger partial charge >= 0.3 is 0 Å². The predicted molar refractivity (Wildman–Crippen MR) is 134 cm³/mol. The van der Waals surface area contributed by atoms with Gasteiger partial charge in [-0.05, 0) is 53.6 Å². The molecule has 4 rings (SSSR count). The van der Waals surface area contributed by atoms with Crippen molar-refractivity contribution in [2.75, 3.05) is 12.0 Å². The Kier molecular flexibility index (Phi) is 6.93. The molecule has 1 saturated heterocycles. The van der Waals surface area contributed by atoms with Crippen LogP contribution < -0.4 is 14.4 Å². The van der Waals surface area contributed by atoms with Crippen LogP contribution in [0.1, 0.15) is 11.1 Å². The van der Waals surface area contributed by atoms with Crippen LogP contribution in [0.25, 0.3) is 6.08 Å². The van der Waals surface area contributed by atoms with Crippen molar-refractivity contribution in [3.63, 3.8) is 0 Å². The lowest BCUT2D eigenvalue weighted by Crippen LogP contribution is -2.27. The highest BCUT2D eigenvalue weighted by molar-refractivity contribution is 9.10. The minimum Gasteiger partial charge on any atom is -0.493 e. The number of hydrogen-bond donors (Lipinski definition) is 0. The van der Waals surface area contributed by atoms with Gasteiger partial charge in [0.1, 0.15) is 12.4 Å². The van der Waals surface area contributed by atoms with Crippen molar-refractivity contribution in [3.8, 4) is 11.5 Å². The van der Waals surface area contributed by atoms with Crippen molar-refractivity contribution >= 4 is 61.9 Å². The van der Waals surface area contributed by atoms with E-state index in [2.05, 4.69) is 15.9 Å². The number of thioether (sulfide) groups is 1. The third kappa shape index (κ3) is 4.87. The smallest absolute Gasteiger partial charge is 0.270 e. The third-order valence-electron chi connectivity index (χ3n) is 4.69. The average Bonchev–Trinajstić information content (AvgIpc) is 3.08. The Hall–Kier alpha value is -2.68. The van der Waals surface area contributed by atoms with Gasteiger partial charge in [-0.2, -0.15) is 0 Å². The number of benzene rings is 3. The summed E-state index contributed by atoms with van der Waals surface area (Å²) in [6, 6.07) is 19.0. The van der Waals surface area contributed by atoms with Crippen molar-refractivity contribution in [1.82, 2.24) is 0 Å². The summed E-state index contributed by atoms with van der Waals surface area (Å²) in [5.41, 5.74) is 2.32. The van der Waals surface area contributed by atoms with Crippen LogP contribution in [0.4, 0.5) is 10.1 Å². The normalized spacial score (nSPS) is 14.8. The number of methoxy groups -OCH3 is 1. The van der Waals surface area contributed by atoms with Crippen molar-refractivity contribution in [1.29, 1.82) is 0 Å². The number of rotatable bonds is 6. The quantitative estimate of drug-likeness (QED) is 0.266. The number of hydrogen-bond acceptors (Lipinski definition) is 5. The van der Waals surface area contributed by atoms with Gasteiger partial charge in [-0.3, -0.25) is 9.69 Å². The molecule has 0 bridgehead atoms. The second-order valence-corrected chi connectivity index (χ2v) is 9.32. The molecule has 3 aromatic carbocycles. The van der Waals surface area contributed by atoms with E-state index in [1.54, 1.807) is 37.5 Å². The Balaban J connectivity index is 1.57. The van der Waals surface area contributed by atoms with Crippen LogP contribution in [0.2, 0.25) is 0 Å². The number of amides is 1. The molecule has 1 aliphatic rings. The maximum atomic E-state index is 13.1. The Morgan fingerprint density at radius 1 is 1.09 bits per heavy atom. The van der Waals surface area contributed by atoms with Crippen molar-refractivity contribution in [2.45, 2.75) is 6.61 Å². The second-order valence-electron chi connectivity index (χ2n) is 6.79. The standard InChI is InChI=1S/C24H17BrFNO3S2/c1-29-20-11-16(19(25)13-21(20)30-14-15-7-9-17(26)10-8-15)12-22-23(28)27(24(31)32-22)18-5-3-2-4-6-18/h2-13H,14H2,1H3/b22-12+. The fraction of sp³-hybridized carbons (Fsp3) is 0.0833. The fourth-order valence-corrected chi connectivity index (χ4v) is 4.81. The van der Waals surface area contributed by atoms with E-state index in [9.17, 15) is 9.18 Å². The Bertz CT molecular complexity index is 1200. The maximum absolute atomic E-state index is 13.1. The molecule has 0 atom stereocenters. The van der Waals surface area contributed by atoms with Gasteiger partial charge in [0, 0.05) is 4.47 Å². The molecular weight excluding hydrogens is 513 g/mol. The Morgan fingerprint density at radius 3 is 2.50 bits per heavy atom. The number of anilines is 1. The SMILES string of the molecule is COc1cc(/C=C2/SC(=S)N(c3ccccc3)C2=O)c(Br)cc1OCc1ccc(F)cc1. The third-order valence-corrected chi connectivity index (χ3v) is 6.67. The van der Waals surface area contributed by atoms with Gasteiger partial charge in [0.15, 0.2) is 15.8 Å². The largest absolute Gasteiger partial charge is 0.493 e. The highest BCUT2D eigenvalue weighted by atomic mass is 79.9. The predicted octanol–water partition coefficient (Wildman–Crippen LogP) is 6.58. The van der Waals surface area contributed by atoms with E-state index in [1.807, 2.05) is 30.3 Å². The van der Waals surface area contributed by atoms with Crippen LogP contribution >= 0.6 is 39.9 Å². The lowest BCUT2D eigenvalue weighted by atomic mass is 10.1. The zero-order valence-corrected chi connectivity index (χ0v) is 20.1. The first-order valence-corrected chi connectivity index (χ1v) is 11.6. The van der Waals surface area contributed by atoms with E-state index < -0.39 is 0 Å². The monoisotopic (exact) mass is 529 g/mol. The highest BCUT2D eigenvalue weighted by Gasteiger charge is 2.33. The molecule has 0 radical (unpaired) electrons. The van der Waals surface area contributed by atoms with Gasteiger partial charge in [0.2, 0.25) is 0 Å². The lowest BCUT2D eigenvalue weighted by Gasteiger charge is -2.14. The first-order valence-electron chi connectivity index (χ1n) is 9.54. The zero-order chi connectivity index (χ0) is 22.7. The van der Waals surface area contributed by atoms with Gasteiger partial charge in [0.25, 0.3) is 5.91 Å². The van der Waals surface area contributed by atoms with E-state index in [4.69, 9.17) is 21.7 Å². The molecule has 162 valence electrons. The van der Waals surface area contributed by atoms with E-state index in [0.29, 0.717) is 20.7 Å². The van der Waals surface area contributed by atoms with Crippen molar-refractivity contribution in [2.24, 2.45) is 0 Å². The first kappa shape index (κ1) is 22.5. The molecule has 0 aliphatic carbocycles. The first-order chi connectivity index (χ1) is 15.5. The Morgan fingerprint density at radius 2 is 1.81 bits per heavy atom. The van der Waals surface area contributed by atoms with Crippen LogP contribution in [0, 0.1) is 5.82 Å². The molecule has 8 heteroatoms. The molecule has 4 nitrogen and oxygen atoms in total. The number of thiocarbonyl (C=S) groups is 1. The molecule has 0 spiro atoms. The van der Waals surface area contributed by atoms with Crippen LogP contribution in [0.5, 0.6) is 11.5 Å². The fourth-order valence-electron chi connectivity index (χ4n) is 3.08. The van der Waals surface area contributed by atoms with Gasteiger partial charge in [0.05, 0.1) is 17.7 Å². The molecule has 32 heavy (non-hydrogen) atoms. The number of ether oxygens (including phenoxy) is 2. The van der Waals surface area contributed by atoms with Crippen LogP contribution in [0.15, 0.2) is 76.1 Å². The summed E-state index contributed by atoms with van der Waals surface area (Å²) in [7, 11) is 1.55. The average molecular weight is 530 g/mol. The molecular formula is C24H17BrFNO3S2. The molecule has 1 aliphatic heterocycles. The molecule has 0 N–H and O–H groups in total. The number of halogens is 2. The summed E-state index contributed by atoms with van der Waals surface area (Å²) in [5, 5.41) is 0. The maximum Gasteiger partial charge on any atom is 0.270 e. The summed E-state index contributed by atoms with van der Waals surface area (Å²) in [4.78, 5) is 15.0. The van der Waals surface area contributed by atoms with Gasteiger partial charge in [-0.1, -0.05) is 70.2 Å². The molecule has 0 aromatic heterocycles. The van der Waals surface area contributed by atoms with Crippen LogP contribution in [-0.4, -0.2) is 17.3 Å². The molecule has 1 fully saturated rings. The number of carbonyl (C=O) groups excluding carboxylic acids is 1. The van der Waals surface area contributed by atoms with Gasteiger partial charge in [-0.25, -0.2) is 4.39 Å². The highest BCUT2D eigenvalue weighted by Crippen LogP contribution is 2.39. The topological polar surface area (TPSA) is 38.8 Å². The Labute approximate surface area is 203 Å². The molecule has 1 amide bonds. The van der Waals surface area contributed by atoms with Gasteiger partial charge in [-0.15, -0.1) is 0 Å². The molecule has 3 aromatic rings. The second kappa shape index (κ2) is 9.85. The summed E-state index contributed by atoms with van der Waals surface area (Å²) in [6.07, 6.45) is 1.78. The van der Waals surface area contributed by atoms with Crippen molar-refractivity contribution < 1.29 is 18.7 Å². The minimum absolute atomic E-state index is 0.172. The number of carbonyl (C=O) groups is 1. The van der Waals surface area contributed by atoms with Crippen LogP contribution in [-0.2, 0) is 11.4 Å². The zero-order valence-electron chi connectivity index (χ0n) is 16.9. The summed E-state index contributed by atoms with van der Waals surface area (Å²) in [6.45, 7) is 0.262. The van der Waals surface area contributed by atoms with E-state index in [0.717, 1.165) is 21.3 Å². The van der Waals surface area contributed by atoms with Gasteiger partial charge < -0.3 is 9.47 Å². The summed E-state index contributed by atoms with van der Waals surface area (Å²) >= 11 is 10.2. The van der Waals surface area contributed by atoms with E-state index >= 15 is 0 Å². The van der Waals surface area contributed by atoms with E-state index in [1.165, 1.54) is 28.8 Å². The molecule has 0 unspecified atom stereocenters. The van der Waals surface area contributed by atoms with E-state index in [-0.39, 0.29) is 18.3 Å². The minimum atomic E-state index is -0.295. The molecule has 1 heterocycles. The number of nitrogens with zero attached hydrogens (tertiary/aromatic N) is 1. The summed E-state index contributed by atoms with van der Waals surface area (Å²) in [5.74, 6) is 0.572. The molecule has 0 saturated carbocycles. The van der Waals surface area contributed by atoms with Crippen molar-refractivity contribution in [3.05, 3.63) is 93.1 Å². The lowest BCUT2D eigenvalue weighted by molar-refractivity contribution is -0.113. The summed E-state index contributed by atoms with van der Waals surface area (Å²) < 4.78 is 25.7. The van der Waals surface area contributed by atoms with Crippen LogP contribution in [0.3, 0.4) is 0 Å². The number of para-hydroxylation sites is 1.